The van der Waals surface area contributed by atoms with Gasteiger partial charge in [-0.25, -0.2) is 0 Å². The highest BCUT2D eigenvalue weighted by molar-refractivity contribution is 6.12. The number of nitro groups is 4. The standard InChI is InChI=1S/C22H11N5O8/c28-24(29)13-7-16-15(6-12-5-11-3-1-2-4-18(11)23-12)17-8-14(25(30)31)10-20(27(34)35)22(17)21(16)19(9-13)26(32)33/h1-10,23H. The fraction of sp³-hybridized carbons (Fsp3) is 0. The highest BCUT2D eigenvalue weighted by atomic mass is 16.6. The van der Waals surface area contributed by atoms with Crippen LogP contribution in [0, 0.1) is 40.5 Å². The molecule has 0 fully saturated rings. The average molecular weight is 473 g/mol. The first kappa shape index (κ1) is 21.4. The first-order valence-corrected chi connectivity index (χ1v) is 9.90. The molecule has 3 aromatic carbocycles. The van der Waals surface area contributed by atoms with Gasteiger partial charge < -0.3 is 4.98 Å². The Morgan fingerprint density at radius 3 is 1.63 bits per heavy atom. The normalized spacial score (nSPS) is 11.7. The quantitative estimate of drug-likeness (QED) is 0.260. The fourth-order valence-electron chi connectivity index (χ4n) is 4.30. The van der Waals surface area contributed by atoms with Crippen molar-refractivity contribution in [2.75, 3.05) is 0 Å². The summed E-state index contributed by atoms with van der Waals surface area (Å²) in [6.07, 6.45) is 1.51. The Morgan fingerprint density at radius 1 is 0.657 bits per heavy atom. The minimum Gasteiger partial charge on any atom is -0.355 e. The summed E-state index contributed by atoms with van der Waals surface area (Å²) >= 11 is 0. The van der Waals surface area contributed by atoms with Gasteiger partial charge in [-0.2, -0.15) is 0 Å². The number of H-pyrrole nitrogens is 1. The number of nitrogens with one attached hydrogen (secondary N) is 1. The summed E-state index contributed by atoms with van der Waals surface area (Å²) in [5.74, 6) is 0. The number of para-hydroxylation sites is 1. The molecule has 0 aliphatic heterocycles. The molecule has 0 saturated carbocycles. The van der Waals surface area contributed by atoms with Crippen LogP contribution in [0.5, 0.6) is 0 Å². The molecule has 5 rings (SSSR count). The number of fused-ring (bicyclic) bond motifs is 4. The van der Waals surface area contributed by atoms with Crippen LogP contribution in [0.3, 0.4) is 0 Å². The van der Waals surface area contributed by atoms with Crippen LogP contribution >= 0.6 is 0 Å². The third kappa shape index (κ3) is 3.34. The van der Waals surface area contributed by atoms with Crippen LogP contribution in [0.15, 0.2) is 54.6 Å². The van der Waals surface area contributed by atoms with Gasteiger partial charge in [-0.1, -0.05) is 18.2 Å². The van der Waals surface area contributed by atoms with Crippen LogP contribution < -0.4 is 0 Å². The SMILES string of the molecule is O=[N+]([O-])c1cc2c(c([N+](=O)[O-])c1)-c1c(cc([N+](=O)[O-])cc1[N+](=O)[O-])C2=Cc1cc2ccccc2[nH]1. The van der Waals surface area contributed by atoms with Crippen molar-refractivity contribution in [2.24, 2.45) is 0 Å². The first-order valence-electron chi connectivity index (χ1n) is 9.90. The molecule has 0 radical (unpaired) electrons. The van der Waals surface area contributed by atoms with Crippen LogP contribution in [0.25, 0.3) is 33.7 Å². The number of hydrogen-bond donors (Lipinski definition) is 1. The van der Waals surface area contributed by atoms with Gasteiger partial charge in [-0.15, -0.1) is 0 Å². The molecular weight excluding hydrogens is 462 g/mol. The second kappa shape index (κ2) is 7.55. The number of aromatic nitrogens is 1. The fourth-order valence-corrected chi connectivity index (χ4v) is 4.30. The monoisotopic (exact) mass is 473 g/mol. The molecule has 1 N–H and O–H groups in total. The number of rotatable bonds is 5. The lowest BCUT2D eigenvalue weighted by atomic mass is 10.0. The largest absolute Gasteiger partial charge is 0.355 e. The van der Waals surface area contributed by atoms with Crippen LogP contribution in [0.4, 0.5) is 22.7 Å². The molecule has 1 aromatic heterocycles. The van der Waals surface area contributed by atoms with Gasteiger partial charge >= 0.3 is 0 Å². The molecule has 0 unspecified atom stereocenters. The van der Waals surface area contributed by atoms with Gasteiger partial charge in [0.05, 0.1) is 43.0 Å². The molecular formula is C22H11N5O8. The zero-order valence-corrected chi connectivity index (χ0v) is 17.3. The molecule has 0 atom stereocenters. The second-order valence-corrected chi connectivity index (χ2v) is 7.67. The molecule has 0 amide bonds. The Kier molecular flexibility index (Phi) is 4.61. The van der Waals surface area contributed by atoms with Crippen LogP contribution in [-0.4, -0.2) is 24.7 Å². The van der Waals surface area contributed by atoms with E-state index in [1.807, 2.05) is 12.1 Å². The van der Waals surface area contributed by atoms with Crippen molar-refractivity contribution < 1.29 is 19.7 Å². The first-order chi connectivity index (χ1) is 16.7. The summed E-state index contributed by atoms with van der Waals surface area (Å²) in [6, 6.07) is 12.6. The number of aromatic amines is 1. The van der Waals surface area contributed by atoms with Crippen LogP contribution in [-0.2, 0) is 0 Å². The maximum Gasteiger partial charge on any atom is 0.284 e. The molecule has 1 aliphatic carbocycles. The molecule has 13 nitrogen and oxygen atoms in total. The van der Waals surface area contributed by atoms with Gasteiger partial charge in [0.25, 0.3) is 22.7 Å². The molecule has 4 aromatic rings. The number of nitrogens with zero attached hydrogens (tertiary/aromatic N) is 4. The lowest BCUT2D eigenvalue weighted by Gasteiger charge is -2.04. The predicted molar refractivity (Wildman–Crippen MR) is 124 cm³/mol. The molecule has 35 heavy (non-hydrogen) atoms. The van der Waals surface area contributed by atoms with Gasteiger partial charge in [0.15, 0.2) is 0 Å². The van der Waals surface area contributed by atoms with E-state index < -0.39 is 42.4 Å². The molecule has 172 valence electrons. The van der Waals surface area contributed by atoms with Crippen molar-refractivity contribution in [3.8, 4) is 11.1 Å². The maximum absolute atomic E-state index is 11.9. The highest BCUT2D eigenvalue weighted by Gasteiger charge is 2.40. The molecule has 13 heteroatoms. The van der Waals surface area contributed by atoms with E-state index in [-0.39, 0.29) is 27.8 Å². The summed E-state index contributed by atoms with van der Waals surface area (Å²) < 4.78 is 0. The summed E-state index contributed by atoms with van der Waals surface area (Å²) in [4.78, 5) is 46.5. The van der Waals surface area contributed by atoms with Gasteiger partial charge in [0.2, 0.25) is 0 Å². The zero-order valence-electron chi connectivity index (χ0n) is 17.3. The summed E-state index contributed by atoms with van der Waals surface area (Å²) in [5, 5.41) is 47.6. The van der Waals surface area contributed by atoms with Crippen LogP contribution in [0.1, 0.15) is 16.8 Å². The Labute approximate surface area is 193 Å². The number of hydrogen-bond acceptors (Lipinski definition) is 8. The number of nitro benzene ring substituents is 4. The van der Waals surface area contributed by atoms with E-state index in [0.29, 0.717) is 5.69 Å². The third-order valence-corrected chi connectivity index (χ3v) is 5.70. The predicted octanol–water partition coefficient (Wildman–Crippen LogP) is 5.37. The Balaban J connectivity index is 1.92. The molecule has 0 spiro atoms. The number of benzene rings is 3. The summed E-state index contributed by atoms with van der Waals surface area (Å²) in [6.45, 7) is 0. The molecule has 1 aliphatic rings. The van der Waals surface area contributed by atoms with E-state index >= 15 is 0 Å². The van der Waals surface area contributed by atoms with Crippen molar-refractivity contribution in [1.82, 2.24) is 4.98 Å². The number of non-ortho nitro benzene ring substituents is 2. The van der Waals surface area contributed by atoms with Crippen molar-refractivity contribution in [3.63, 3.8) is 0 Å². The highest BCUT2D eigenvalue weighted by Crippen LogP contribution is 2.54. The van der Waals surface area contributed by atoms with E-state index in [4.69, 9.17) is 0 Å². The topological polar surface area (TPSA) is 188 Å². The summed E-state index contributed by atoms with van der Waals surface area (Å²) in [5.41, 5.74) is -1.67. The minimum atomic E-state index is -0.868. The Morgan fingerprint density at radius 2 is 1.17 bits per heavy atom. The van der Waals surface area contributed by atoms with Crippen molar-refractivity contribution in [3.05, 3.63) is 112 Å². The van der Waals surface area contributed by atoms with E-state index in [1.54, 1.807) is 18.2 Å². The van der Waals surface area contributed by atoms with E-state index in [1.165, 1.54) is 6.08 Å². The lowest BCUT2D eigenvalue weighted by molar-refractivity contribution is -0.395. The van der Waals surface area contributed by atoms with Crippen LogP contribution in [0.2, 0.25) is 0 Å². The smallest absolute Gasteiger partial charge is 0.284 e. The van der Waals surface area contributed by atoms with E-state index in [0.717, 1.165) is 35.2 Å². The van der Waals surface area contributed by atoms with E-state index in [9.17, 15) is 40.5 Å². The second-order valence-electron chi connectivity index (χ2n) is 7.67. The molecule has 1 heterocycles. The Bertz CT molecular complexity index is 1550. The minimum absolute atomic E-state index is 0.0110. The zero-order chi connectivity index (χ0) is 25.0. The van der Waals surface area contributed by atoms with Crippen molar-refractivity contribution in [2.45, 2.75) is 0 Å². The van der Waals surface area contributed by atoms with E-state index in [2.05, 4.69) is 4.98 Å². The van der Waals surface area contributed by atoms with Gasteiger partial charge in [0, 0.05) is 34.5 Å². The summed E-state index contributed by atoms with van der Waals surface area (Å²) in [7, 11) is 0. The third-order valence-electron chi connectivity index (χ3n) is 5.70. The van der Waals surface area contributed by atoms with Gasteiger partial charge in [-0.05, 0) is 29.2 Å². The Hall–Kier alpha value is -5.46. The lowest BCUT2D eigenvalue weighted by Crippen LogP contribution is -1.99. The van der Waals surface area contributed by atoms with Gasteiger partial charge in [0.1, 0.15) is 0 Å². The molecule has 0 bridgehead atoms. The van der Waals surface area contributed by atoms with Gasteiger partial charge in [-0.3, -0.25) is 40.5 Å². The van der Waals surface area contributed by atoms with Crippen molar-refractivity contribution >= 4 is 45.3 Å². The average Bonchev–Trinajstić information content (AvgIpc) is 3.36. The molecule has 0 saturated heterocycles. The maximum atomic E-state index is 11.9. The van der Waals surface area contributed by atoms with Crippen molar-refractivity contribution in [1.29, 1.82) is 0 Å².